The molecule has 2 aromatic heterocycles. The average Bonchev–Trinajstić information content (AvgIpc) is 3.27. The number of amides is 1. The number of nitrogens with one attached hydrogen (secondary N) is 3. The zero-order valence-electron chi connectivity index (χ0n) is 14.8. The molecule has 5 nitrogen and oxygen atoms in total. The van der Waals surface area contributed by atoms with Gasteiger partial charge in [-0.3, -0.25) is 9.89 Å². The van der Waals surface area contributed by atoms with Crippen LogP contribution in [0, 0.1) is 13.8 Å². The van der Waals surface area contributed by atoms with Crippen molar-refractivity contribution in [3.8, 4) is 11.3 Å². The van der Waals surface area contributed by atoms with Crippen molar-refractivity contribution in [1.29, 1.82) is 0 Å². The number of hydrogen-bond donors (Lipinski definition) is 3. The van der Waals surface area contributed by atoms with Crippen molar-refractivity contribution in [3.05, 3.63) is 77.1 Å². The van der Waals surface area contributed by atoms with Crippen molar-refractivity contribution in [2.45, 2.75) is 20.4 Å². The topological polar surface area (TPSA) is 73.6 Å². The number of fused-ring (bicyclic) bond motifs is 1. The molecule has 2 aromatic carbocycles. The first-order chi connectivity index (χ1) is 12.6. The van der Waals surface area contributed by atoms with Crippen molar-refractivity contribution in [2.24, 2.45) is 0 Å². The molecule has 0 bridgehead atoms. The molecule has 2 heterocycles. The van der Waals surface area contributed by atoms with Gasteiger partial charge in [-0.2, -0.15) is 5.10 Å². The number of carbonyl (C=O) groups excluding carboxylic acids is 1. The summed E-state index contributed by atoms with van der Waals surface area (Å²) in [5, 5.41) is 11.2. The molecule has 26 heavy (non-hydrogen) atoms. The zero-order chi connectivity index (χ0) is 18.1. The van der Waals surface area contributed by atoms with E-state index in [9.17, 15) is 4.79 Å². The quantitative estimate of drug-likeness (QED) is 0.521. The number of rotatable bonds is 4. The van der Waals surface area contributed by atoms with E-state index in [2.05, 4.69) is 46.5 Å². The lowest BCUT2D eigenvalue weighted by Crippen LogP contribution is -2.23. The lowest BCUT2D eigenvalue weighted by atomic mass is 10.1. The summed E-state index contributed by atoms with van der Waals surface area (Å²) in [6, 6.07) is 17.8. The van der Waals surface area contributed by atoms with E-state index in [0.717, 1.165) is 22.3 Å². The van der Waals surface area contributed by atoms with Gasteiger partial charge in [0.1, 0.15) is 5.69 Å². The highest BCUT2D eigenvalue weighted by Gasteiger charge is 2.11. The molecule has 0 aliphatic carbocycles. The Hall–Kier alpha value is -3.34. The van der Waals surface area contributed by atoms with E-state index in [1.807, 2.05) is 36.4 Å². The summed E-state index contributed by atoms with van der Waals surface area (Å²) in [6.45, 7) is 4.64. The Kier molecular flexibility index (Phi) is 4.05. The van der Waals surface area contributed by atoms with Gasteiger partial charge in [-0.1, -0.05) is 36.4 Å². The number of H-pyrrole nitrogens is 2. The van der Waals surface area contributed by atoms with Crippen molar-refractivity contribution >= 4 is 16.8 Å². The number of nitrogens with zero attached hydrogens (tertiary/aromatic N) is 1. The Balaban J connectivity index is 1.47. The largest absolute Gasteiger partial charge is 0.358 e. The van der Waals surface area contributed by atoms with Crippen LogP contribution in [0.4, 0.5) is 0 Å². The lowest BCUT2D eigenvalue weighted by molar-refractivity contribution is 0.0946. The van der Waals surface area contributed by atoms with Gasteiger partial charge in [0, 0.05) is 28.7 Å². The summed E-state index contributed by atoms with van der Waals surface area (Å²) in [6.07, 6.45) is 0. The molecule has 0 atom stereocenters. The Morgan fingerprint density at radius 1 is 1.08 bits per heavy atom. The van der Waals surface area contributed by atoms with E-state index >= 15 is 0 Å². The molecule has 0 spiro atoms. The minimum absolute atomic E-state index is 0.165. The summed E-state index contributed by atoms with van der Waals surface area (Å²) in [5.41, 5.74) is 6.80. The second kappa shape index (κ2) is 6.52. The molecule has 0 saturated carbocycles. The van der Waals surface area contributed by atoms with Crippen LogP contribution in [0.25, 0.3) is 22.2 Å². The van der Waals surface area contributed by atoms with Crippen LogP contribution in [-0.2, 0) is 6.54 Å². The van der Waals surface area contributed by atoms with Gasteiger partial charge in [0.25, 0.3) is 5.91 Å². The normalized spacial score (nSPS) is 11.0. The van der Waals surface area contributed by atoms with Gasteiger partial charge < -0.3 is 10.3 Å². The number of aryl methyl sites for hydroxylation is 2. The van der Waals surface area contributed by atoms with Gasteiger partial charge in [-0.25, -0.2) is 0 Å². The van der Waals surface area contributed by atoms with Crippen LogP contribution < -0.4 is 5.32 Å². The molecule has 0 aliphatic rings. The summed E-state index contributed by atoms with van der Waals surface area (Å²) in [5.74, 6) is -0.165. The predicted molar refractivity (Wildman–Crippen MR) is 103 cm³/mol. The second-order valence-corrected chi connectivity index (χ2v) is 6.47. The van der Waals surface area contributed by atoms with Gasteiger partial charge in [0.15, 0.2) is 0 Å². The fourth-order valence-electron chi connectivity index (χ4n) is 3.09. The van der Waals surface area contributed by atoms with E-state index in [1.54, 1.807) is 6.07 Å². The molecule has 130 valence electrons. The third-order valence-corrected chi connectivity index (χ3v) is 4.72. The first-order valence-corrected chi connectivity index (χ1v) is 8.58. The fraction of sp³-hybridized carbons (Fsp3) is 0.143. The smallest absolute Gasteiger partial charge is 0.269 e. The van der Waals surface area contributed by atoms with Crippen molar-refractivity contribution in [3.63, 3.8) is 0 Å². The van der Waals surface area contributed by atoms with Gasteiger partial charge in [0.2, 0.25) is 0 Å². The maximum Gasteiger partial charge on any atom is 0.269 e. The van der Waals surface area contributed by atoms with E-state index in [1.165, 1.54) is 16.6 Å². The molecular weight excluding hydrogens is 324 g/mol. The molecule has 5 heteroatoms. The predicted octanol–water partition coefficient (Wildman–Crippen LogP) is 4.10. The van der Waals surface area contributed by atoms with Crippen LogP contribution in [0.5, 0.6) is 0 Å². The number of carbonyl (C=O) groups is 1. The Morgan fingerprint density at radius 3 is 2.69 bits per heavy atom. The summed E-state index contributed by atoms with van der Waals surface area (Å²) in [7, 11) is 0. The van der Waals surface area contributed by atoms with Crippen molar-refractivity contribution < 1.29 is 4.79 Å². The Bertz CT molecular complexity index is 1080. The summed E-state index contributed by atoms with van der Waals surface area (Å²) < 4.78 is 0. The minimum Gasteiger partial charge on any atom is -0.358 e. The number of aromatic amines is 2. The van der Waals surface area contributed by atoms with E-state index < -0.39 is 0 Å². The van der Waals surface area contributed by atoms with Gasteiger partial charge in [-0.15, -0.1) is 0 Å². The van der Waals surface area contributed by atoms with Crippen LogP contribution in [0.3, 0.4) is 0 Å². The van der Waals surface area contributed by atoms with Crippen LogP contribution in [-0.4, -0.2) is 21.1 Å². The molecule has 4 rings (SSSR count). The number of hydrogen-bond acceptors (Lipinski definition) is 2. The van der Waals surface area contributed by atoms with Crippen LogP contribution in [0.1, 0.15) is 27.3 Å². The summed E-state index contributed by atoms with van der Waals surface area (Å²) >= 11 is 0. The Morgan fingerprint density at radius 2 is 1.88 bits per heavy atom. The van der Waals surface area contributed by atoms with Crippen molar-refractivity contribution in [1.82, 2.24) is 20.5 Å². The monoisotopic (exact) mass is 344 g/mol. The molecule has 0 unspecified atom stereocenters. The fourth-order valence-corrected chi connectivity index (χ4v) is 3.09. The van der Waals surface area contributed by atoms with Gasteiger partial charge >= 0.3 is 0 Å². The molecule has 3 N–H and O–H groups in total. The lowest BCUT2D eigenvalue weighted by Gasteiger charge is -2.04. The average molecular weight is 344 g/mol. The van der Waals surface area contributed by atoms with E-state index in [4.69, 9.17) is 0 Å². The molecule has 0 aliphatic heterocycles. The minimum atomic E-state index is -0.165. The standard InChI is InChI=1S/C21H20N4O/c1-13-14(2)23-18-9-8-15(10-17(13)18)12-22-21(26)20-11-19(24-25-20)16-6-4-3-5-7-16/h3-11,23H,12H2,1-2H3,(H,22,26)(H,24,25). The molecular formula is C21H20N4O. The van der Waals surface area contributed by atoms with Gasteiger partial charge in [0.05, 0.1) is 5.69 Å². The molecule has 0 saturated heterocycles. The molecule has 4 aromatic rings. The maximum absolute atomic E-state index is 12.4. The van der Waals surface area contributed by atoms with E-state index in [0.29, 0.717) is 12.2 Å². The number of benzene rings is 2. The van der Waals surface area contributed by atoms with E-state index in [-0.39, 0.29) is 5.91 Å². The summed E-state index contributed by atoms with van der Waals surface area (Å²) in [4.78, 5) is 15.8. The second-order valence-electron chi connectivity index (χ2n) is 6.47. The molecule has 0 radical (unpaired) electrons. The van der Waals surface area contributed by atoms with Crippen LogP contribution in [0.15, 0.2) is 54.6 Å². The third kappa shape index (κ3) is 2.99. The van der Waals surface area contributed by atoms with Gasteiger partial charge in [-0.05, 0) is 43.2 Å². The van der Waals surface area contributed by atoms with Crippen molar-refractivity contribution in [2.75, 3.05) is 0 Å². The highest BCUT2D eigenvalue weighted by Crippen LogP contribution is 2.22. The molecule has 0 fully saturated rings. The van der Waals surface area contributed by atoms with Crippen LogP contribution in [0.2, 0.25) is 0 Å². The zero-order valence-corrected chi connectivity index (χ0v) is 14.8. The van der Waals surface area contributed by atoms with Crippen LogP contribution >= 0.6 is 0 Å². The third-order valence-electron chi connectivity index (χ3n) is 4.72. The SMILES string of the molecule is Cc1[nH]c2ccc(CNC(=O)c3cc(-c4ccccc4)n[nH]3)cc2c1C. The first-order valence-electron chi connectivity index (χ1n) is 8.58. The molecule has 1 amide bonds. The number of aromatic nitrogens is 3. The maximum atomic E-state index is 12.4. The highest BCUT2D eigenvalue weighted by molar-refractivity contribution is 5.93. The highest BCUT2D eigenvalue weighted by atomic mass is 16.1. The first kappa shape index (κ1) is 16.1. The Labute approximate surface area is 151 Å².